The molecule has 150 valence electrons. The summed E-state index contributed by atoms with van der Waals surface area (Å²) in [6, 6.07) is 22.6. The summed E-state index contributed by atoms with van der Waals surface area (Å²) < 4.78 is 12.1. The van der Waals surface area contributed by atoms with Gasteiger partial charge in [0.25, 0.3) is 0 Å². The average molecular weight is 390 g/mol. The molecule has 4 heteroatoms. The SMILES string of the molecule is C[C@H](c1ccc(Oc2ccc3ccccc3c2)cc1)C1COC2(CCCC2)OO1. The Morgan fingerprint density at radius 2 is 1.62 bits per heavy atom. The molecule has 3 aromatic carbocycles. The first-order valence-corrected chi connectivity index (χ1v) is 10.5. The second-order valence-electron chi connectivity index (χ2n) is 8.12. The molecule has 5 rings (SSSR count). The molecule has 4 nitrogen and oxygen atoms in total. The maximum Gasteiger partial charge on any atom is 0.201 e. The van der Waals surface area contributed by atoms with Gasteiger partial charge in [-0.25, -0.2) is 9.78 Å². The number of fused-ring (bicyclic) bond motifs is 1. The Labute approximate surface area is 171 Å². The van der Waals surface area contributed by atoms with E-state index in [9.17, 15) is 0 Å². The fraction of sp³-hybridized carbons (Fsp3) is 0.360. The Kier molecular flexibility index (Phi) is 5.00. The molecule has 1 saturated heterocycles. The highest BCUT2D eigenvalue weighted by Crippen LogP contribution is 2.39. The first kappa shape index (κ1) is 18.6. The molecule has 0 amide bonds. The zero-order valence-corrected chi connectivity index (χ0v) is 16.7. The van der Waals surface area contributed by atoms with Crippen LogP contribution < -0.4 is 4.74 Å². The summed E-state index contributed by atoms with van der Waals surface area (Å²) in [5, 5.41) is 2.38. The molecule has 2 fully saturated rings. The predicted molar refractivity (Wildman–Crippen MR) is 112 cm³/mol. The van der Waals surface area contributed by atoms with E-state index in [-0.39, 0.29) is 12.0 Å². The maximum atomic E-state index is 6.05. The van der Waals surface area contributed by atoms with E-state index < -0.39 is 5.79 Å². The van der Waals surface area contributed by atoms with Crippen LogP contribution in [0.4, 0.5) is 0 Å². The summed E-state index contributed by atoms with van der Waals surface area (Å²) >= 11 is 0. The van der Waals surface area contributed by atoms with E-state index >= 15 is 0 Å². The summed E-state index contributed by atoms with van der Waals surface area (Å²) in [6.07, 6.45) is 4.03. The van der Waals surface area contributed by atoms with Crippen molar-refractivity contribution in [3.05, 3.63) is 72.3 Å². The van der Waals surface area contributed by atoms with Crippen LogP contribution in [0.1, 0.15) is 44.1 Å². The smallest absolute Gasteiger partial charge is 0.201 e. The lowest BCUT2D eigenvalue weighted by Crippen LogP contribution is -2.44. The lowest BCUT2D eigenvalue weighted by Gasteiger charge is -2.38. The number of rotatable bonds is 4. The van der Waals surface area contributed by atoms with Crippen LogP contribution in [0.25, 0.3) is 10.8 Å². The van der Waals surface area contributed by atoms with Gasteiger partial charge in [0.2, 0.25) is 5.79 Å². The summed E-state index contributed by atoms with van der Waals surface area (Å²) in [5.74, 6) is 1.33. The van der Waals surface area contributed by atoms with Crippen molar-refractivity contribution >= 4 is 10.8 Å². The third-order valence-electron chi connectivity index (χ3n) is 6.12. The van der Waals surface area contributed by atoms with Gasteiger partial charge in [-0.2, -0.15) is 0 Å². The van der Waals surface area contributed by atoms with Gasteiger partial charge in [-0.3, -0.25) is 0 Å². The molecule has 1 spiro atoms. The fourth-order valence-electron chi connectivity index (χ4n) is 4.23. The first-order valence-electron chi connectivity index (χ1n) is 10.5. The van der Waals surface area contributed by atoms with Crippen molar-refractivity contribution in [3.63, 3.8) is 0 Å². The third kappa shape index (κ3) is 3.88. The van der Waals surface area contributed by atoms with E-state index in [1.165, 1.54) is 16.3 Å². The van der Waals surface area contributed by atoms with Crippen molar-refractivity contribution in [2.75, 3.05) is 6.61 Å². The molecule has 0 radical (unpaired) electrons. The average Bonchev–Trinajstić information content (AvgIpc) is 3.22. The van der Waals surface area contributed by atoms with Gasteiger partial charge in [0.1, 0.15) is 17.6 Å². The van der Waals surface area contributed by atoms with E-state index in [0.29, 0.717) is 6.61 Å². The predicted octanol–water partition coefficient (Wildman–Crippen LogP) is 6.35. The summed E-state index contributed by atoms with van der Waals surface area (Å²) in [5.41, 5.74) is 1.18. The molecule has 0 N–H and O–H groups in total. The molecule has 1 saturated carbocycles. The molecule has 0 bridgehead atoms. The van der Waals surface area contributed by atoms with Crippen molar-refractivity contribution in [1.29, 1.82) is 0 Å². The zero-order valence-electron chi connectivity index (χ0n) is 16.7. The second kappa shape index (κ2) is 7.79. The van der Waals surface area contributed by atoms with Crippen molar-refractivity contribution in [1.82, 2.24) is 0 Å². The molecular weight excluding hydrogens is 364 g/mol. The lowest BCUT2D eigenvalue weighted by atomic mass is 9.95. The summed E-state index contributed by atoms with van der Waals surface area (Å²) in [6.45, 7) is 2.71. The van der Waals surface area contributed by atoms with E-state index in [1.807, 2.05) is 30.3 Å². The molecule has 2 aliphatic rings. The van der Waals surface area contributed by atoms with Crippen LogP contribution in [0.2, 0.25) is 0 Å². The second-order valence-corrected chi connectivity index (χ2v) is 8.12. The minimum absolute atomic E-state index is 0.103. The Bertz CT molecular complexity index is 966. The normalized spacial score (nSPS) is 22.0. The Morgan fingerprint density at radius 1 is 0.897 bits per heavy atom. The number of ether oxygens (including phenoxy) is 2. The lowest BCUT2D eigenvalue weighted by molar-refractivity contribution is -0.486. The van der Waals surface area contributed by atoms with Gasteiger partial charge in [-0.15, -0.1) is 0 Å². The molecule has 1 aliphatic carbocycles. The summed E-state index contributed by atoms with van der Waals surface area (Å²) in [7, 11) is 0. The fourth-order valence-corrected chi connectivity index (χ4v) is 4.23. The Morgan fingerprint density at radius 3 is 2.34 bits per heavy atom. The highest BCUT2D eigenvalue weighted by Gasteiger charge is 2.43. The van der Waals surface area contributed by atoms with Crippen LogP contribution in [0.5, 0.6) is 11.5 Å². The molecule has 29 heavy (non-hydrogen) atoms. The van der Waals surface area contributed by atoms with Gasteiger partial charge in [0, 0.05) is 18.8 Å². The van der Waals surface area contributed by atoms with Gasteiger partial charge in [-0.1, -0.05) is 49.4 Å². The van der Waals surface area contributed by atoms with Crippen LogP contribution in [0.15, 0.2) is 66.7 Å². The van der Waals surface area contributed by atoms with E-state index in [4.69, 9.17) is 19.2 Å². The Hall–Kier alpha value is -2.40. The van der Waals surface area contributed by atoms with Crippen molar-refractivity contribution < 1.29 is 19.2 Å². The van der Waals surface area contributed by atoms with Gasteiger partial charge < -0.3 is 9.47 Å². The first-order chi connectivity index (χ1) is 14.2. The van der Waals surface area contributed by atoms with E-state index in [2.05, 4.69) is 43.3 Å². The number of hydrogen-bond donors (Lipinski definition) is 0. The summed E-state index contributed by atoms with van der Waals surface area (Å²) in [4.78, 5) is 11.4. The van der Waals surface area contributed by atoms with Crippen molar-refractivity contribution in [2.24, 2.45) is 0 Å². The number of benzene rings is 3. The molecule has 3 aromatic rings. The minimum atomic E-state index is -0.492. The van der Waals surface area contributed by atoms with Crippen LogP contribution in [0.3, 0.4) is 0 Å². The van der Waals surface area contributed by atoms with Crippen LogP contribution in [-0.2, 0) is 14.5 Å². The molecular formula is C25H26O4. The van der Waals surface area contributed by atoms with E-state index in [1.54, 1.807) is 0 Å². The third-order valence-corrected chi connectivity index (χ3v) is 6.12. The highest BCUT2D eigenvalue weighted by atomic mass is 17.2. The topological polar surface area (TPSA) is 36.9 Å². The number of hydrogen-bond acceptors (Lipinski definition) is 4. The minimum Gasteiger partial charge on any atom is -0.457 e. The monoisotopic (exact) mass is 390 g/mol. The molecule has 1 unspecified atom stereocenters. The van der Waals surface area contributed by atoms with Crippen LogP contribution in [-0.4, -0.2) is 18.5 Å². The van der Waals surface area contributed by atoms with Gasteiger partial charge in [-0.05, 0) is 53.4 Å². The van der Waals surface area contributed by atoms with Crippen molar-refractivity contribution in [3.8, 4) is 11.5 Å². The largest absolute Gasteiger partial charge is 0.457 e. The molecule has 0 aromatic heterocycles. The van der Waals surface area contributed by atoms with Crippen LogP contribution >= 0.6 is 0 Å². The molecule has 1 heterocycles. The standard InChI is InChI=1S/C25H26O4/c1-18(24-17-26-25(29-28-24)14-4-5-15-25)19-8-11-22(12-9-19)27-23-13-10-20-6-2-3-7-21(20)16-23/h2-3,6-13,16,18,24H,4-5,14-15,17H2,1H3/t18-,24?/m1/s1. The van der Waals surface area contributed by atoms with Gasteiger partial charge in [0.05, 0.1) is 6.61 Å². The molecule has 1 aliphatic heterocycles. The van der Waals surface area contributed by atoms with Gasteiger partial charge in [0.15, 0.2) is 0 Å². The quantitative estimate of drug-likeness (QED) is 0.486. The van der Waals surface area contributed by atoms with Gasteiger partial charge >= 0.3 is 0 Å². The maximum absolute atomic E-state index is 6.05. The van der Waals surface area contributed by atoms with E-state index in [0.717, 1.165) is 37.2 Å². The molecule has 2 atom stereocenters. The van der Waals surface area contributed by atoms with Crippen LogP contribution in [0, 0.1) is 0 Å². The highest BCUT2D eigenvalue weighted by molar-refractivity contribution is 5.83. The Balaban J connectivity index is 1.23. The zero-order chi connectivity index (χ0) is 19.7. The van der Waals surface area contributed by atoms with Crippen molar-refractivity contribution in [2.45, 2.75) is 50.4 Å².